The number of nitro benzene ring substituents is 1. The molecule has 2 rings (SSSR count). The van der Waals surface area contributed by atoms with Crippen LogP contribution in [0.25, 0.3) is 0 Å². The molecule has 0 aliphatic carbocycles. The normalized spacial score (nSPS) is 9.96. The molecule has 118 valence electrons. The van der Waals surface area contributed by atoms with E-state index >= 15 is 0 Å². The predicted octanol–water partition coefficient (Wildman–Crippen LogP) is 2.55. The van der Waals surface area contributed by atoms with Gasteiger partial charge < -0.3 is 10.1 Å². The van der Waals surface area contributed by atoms with Crippen molar-refractivity contribution in [3.63, 3.8) is 0 Å². The SMILES string of the molecule is O=C(COC(=O)c1cccnc1)Nc1ccc([N+](=O)[O-])cc1Br. The fourth-order valence-electron chi connectivity index (χ4n) is 1.60. The van der Waals surface area contributed by atoms with Gasteiger partial charge in [0, 0.05) is 29.0 Å². The number of nitrogens with one attached hydrogen (secondary N) is 1. The molecule has 0 saturated carbocycles. The van der Waals surface area contributed by atoms with Crippen LogP contribution in [0, 0.1) is 10.1 Å². The highest BCUT2D eigenvalue weighted by Gasteiger charge is 2.13. The number of pyridine rings is 1. The zero-order chi connectivity index (χ0) is 16.8. The van der Waals surface area contributed by atoms with Crippen molar-refractivity contribution in [1.82, 2.24) is 4.98 Å². The van der Waals surface area contributed by atoms with Crippen molar-refractivity contribution in [2.75, 3.05) is 11.9 Å². The molecule has 0 saturated heterocycles. The summed E-state index contributed by atoms with van der Waals surface area (Å²) in [7, 11) is 0. The van der Waals surface area contributed by atoms with Gasteiger partial charge in [-0.05, 0) is 34.1 Å². The molecule has 0 aliphatic heterocycles. The average Bonchev–Trinajstić information content (AvgIpc) is 2.55. The molecule has 1 amide bonds. The van der Waals surface area contributed by atoms with Gasteiger partial charge >= 0.3 is 5.97 Å². The number of amides is 1. The Morgan fingerprint density at radius 3 is 2.74 bits per heavy atom. The van der Waals surface area contributed by atoms with Crippen LogP contribution >= 0.6 is 15.9 Å². The van der Waals surface area contributed by atoms with Gasteiger partial charge in [0.1, 0.15) is 0 Å². The Kier molecular flexibility index (Phi) is 5.36. The first-order valence-corrected chi connectivity index (χ1v) is 7.07. The van der Waals surface area contributed by atoms with Crippen molar-refractivity contribution in [3.05, 3.63) is 62.9 Å². The summed E-state index contributed by atoms with van der Waals surface area (Å²) in [5.41, 5.74) is 0.452. The van der Waals surface area contributed by atoms with E-state index in [-0.39, 0.29) is 11.3 Å². The van der Waals surface area contributed by atoms with E-state index in [4.69, 9.17) is 4.74 Å². The molecule has 0 aliphatic rings. The maximum absolute atomic E-state index is 11.8. The van der Waals surface area contributed by atoms with E-state index in [9.17, 15) is 19.7 Å². The van der Waals surface area contributed by atoms with E-state index < -0.39 is 23.4 Å². The first-order chi connectivity index (χ1) is 11.0. The van der Waals surface area contributed by atoms with Gasteiger partial charge in [-0.15, -0.1) is 0 Å². The zero-order valence-electron chi connectivity index (χ0n) is 11.6. The number of rotatable bonds is 5. The fourth-order valence-corrected chi connectivity index (χ4v) is 2.07. The monoisotopic (exact) mass is 379 g/mol. The first kappa shape index (κ1) is 16.6. The lowest BCUT2D eigenvalue weighted by atomic mass is 10.3. The van der Waals surface area contributed by atoms with Crippen LogP contribution in [-0.2, 0) is 9.53 Å². The lowest BCUT2D eigenvalue weighted by Gasteiger charge is -2.08. The van der Waals surface area contributed by atoms with Gasteiger partial charge in [0.15, 0.2) is 6.61 Å². The molecule has 1 heterocycles. The number of benzene rings is 1. The van der Waals surface area contributed by atoms with Gasteiger partial charge in [-0.1, -0.05) is 0 Å². The molecule has 0 spiro atoms. The van der Waals surface area contributed by atoms with E-state index in [1.807, 2.05) is 0 Å². The largest absolute Gasteiger partial charge is 0.452 e. The topological polar surface area (TPSA) is 111 Å². The van der Waals surface area contributed by atoms with Crippen LogP contribution in [0.5, 0.6) is 0 Å². The fraction of sp³-hybridized carbons (Fsp3) is 0.0714. The van der Waals surface area contributed by atoms with Crippen molar-refractivity contribution < 1.29 is 19.2 Å². The number of halogens is 1. The second-order valence-electron chi connectivity index (χ2n) is 4.29. The smallest absolute Gasteiger partial charge is 0.340 e. The van der Waals surface area contributed by atoms with Crippen molar-refractivity contribution in [2.24, 2.45) is 0 Å². The van der Waals surface area contributed by atoms with Crippen LogP contribution in [0.15, 0.2) is 47.2 Å². The highest BCUT2D eigenvalue weighted by atomic mass is 79.9. The molecule has 1 aromatic carbocycles. The molecule has 9 heteroatoms. The first-order valence-electron chi connectivity index (χ1n) is 6.28. The Labute approximate surface area is 138 Å². The molecule has 0 bridgehead atoms. The number of ether oxygens (including phenoxy) is 1. The molecule has 1 aromatic heterocycles. The molecular formula is C14H10BrN3O5. The standard InChI is InChI=1S/C14H10BrN3O5/c15-11-6-10(18(21)22)3-4-12(11)17-13(19)8-23-14(20)9-2-1-5-16-7-9/h1-7H,8H2,(H,17,19). The van der Waals surface area contributed by atoms with Gasteiger partial charge in [0.2, 0.25) is 0 Å². The third-order valence-electron chi connectivity index (χ3n) is 2.67. The molecular weight excluding hydrogens is 370 g/mol. The summed E-state index contributed by atoms with van der Waals surface area (Å²) in [4.78, 5) is 37.3. The van der Waals surface area contributed by atoms with Crippen LogP contribution in [0.4, 0.5) is 11.4 Å². The van der Waals surface area contributed by atoms with Gasteiger partial charge in [-0.2, -0.15) is 0 Å². The van der Waals surface area contributed by atoms with E-state index in [0.717, 1.165) is 0 Å². The Hall–Kier alpha value is -2.81. The predicted molar refractivity (Wildman–Crippen MR) is 83.9 cm³/mol. The van der Waals surface area contributed by atoms with Crippen LogP contribution in [0.3, 0.4) is 0 Å². The van der Waals surface area contributed by atoms with Crippen LogP contribution < -0.4 is 5.32 Å². The number of anilines is 1. The molecule has 2 aromatic rings. The summed E-state index contributed by atoms with van der Waals surface area (Å²) in [5, 5.41) is 13.1. The molecule has 0 radical (unpaired) electrons. The molecule has 0 atom stereocenters. The summed E-state index contributed by atoms with van der Waals surface area (Å²) in [6.07, 6.45) is 2.84. The maximum atomic E-state index is 11.8. The number of nitrogens with zero attached hydrogens (tertiary/aromatic N) is 2. The lowest BCUT2D eigenvalue weighted by Crippen LogP contribution is -2.21. The zero-order valence-corrected chi connectivity index (χ0v) is 13.1. The number of nitro groups is 1. The van der Waals surface area contributed by atoms with E-state index in [2.05, 4.69) is 26.2 Å². The minimum Gasteiger partial charge on any atom is -0.452 e. The minimum absolute atomic E-state index is 0.113. The number of carbonyl (C=O) groups excluding carboxylic acids is 2. The average molecular weight is 380 g/mol. The Bertz CT molecular complexity index is 751. The molecule has 0 unspecified atom stereocenters. The van der Waals surface area contributed by atoms with Crippen molar-refractivity contribution in [1.29, 1.82) is 0 Å². The van der Waals surface area contributed by atoms with Crippen molar-refractivity contribution in [2.45, 2.75) is 0 Å². The maximum Gasteiger partial charge on any atom is 0.340 e. The quantitative estimate of drug-likeness (QED) is 0.485. The Morgan fingerprint density at radius 2 is 2.13 bits per heavy atom. The molecule has 23 heavy (non-hydrogen) atoms. The molecule has 1 N–H and O–H groups in total. The summed E-state index contributed by atoms with van der Waals surface area (Å²) < 4.78 is 5.20. The van der Waals surface area contributed by atoms with Gasteiger partial charge in [-0.25, -0.2) is 4.79 Å². The van der Waals surface area contributed by atoms with Crippen molar-refractivity contribution >= 4 is 39.2 Å². The van der Waals surface area contributed by atoms with Gasteiger partial charge in [0.25, 0.3) is 11.6 Å². The third-order valence-corrected chi connectivity index (χ3v) is 3.33. The van der Waals surface area contributed by atoms with E-state index in [1.54, 1.807) is 6.07 Å². The van der Waals surface area contributed by atoms with E-state index in [1.165, 1.54) is 36.7 Å². The van der Waals surface area contributed by atoms with Gasteiger partial charge in [0.05, 0.1) is 16.2 Å². The number of aromatic nitrogens is 1. The third kappa shape index (κ3) is 4.58. The summed E-state index contributed by atoms with van der Waals surface area (Å²) in [6.45, 7) is -0.489. The molecule has 0 fully saturated rings. The van der Waals surface area contributed by atoms with Crippen molar-refractivity contribution in [3.8, 4) is 0 Å². The van der Waals surface area contributed by atoms with Crippen LogP contribution in [0.2, 0.25) is 0 Å². The summed E-state index contributed by atoms with van der Waals surface area (Å²) in [6, 6.07) is 6.98. The highest BCUT2D eigenvalue weighted by Crippen LogP contribution is 2.26. The lowest BCUT2D eigenvalue weighted by molar-refractivity contribution is -0.384. The van der Waals surface area contributed by atoms with E-state index in [0.29, 0.717) is 10.2 Å². The van der Waals surface area contributed by atoms with Crippen LogP contribution in [0.1, 0.15) is 10.4 Å². The molecule has 8 nitrogen and oxygen atoms in total. The summed E-state index contributed by atoms with van der Waals surface area (Å²) in [5.74, 6) is -1.24. The Balaban J connectivity index is 1.92. The number of hydrogen-bond acceptors (Lipinski definition) is 6. The number of esters is 1. The Morgan fingerprint density at radius 1 is 1.35 bits per heavy atom. The number of carbonyl (C=O) groups is 2. The second kappa shape index (κ2) is 7.45. The summed E-state index contributed by atoms with van der Waals surface area (Å²) >= 11 is 3.13. The van der Waals surface area contributed by atoms with Gasteiger partial charge in [-0.3, -0.25) is 19.9 Å². The number of non-ortho nitro benzene ring substituents is 1. The second-order valence-corrected chi connectivity index (χ2v) is 5.14. The minimum atomic E-state index is -0.670. The van der Waals surface area contributed by atoms with Crippen LogP contribution in [-0.4, -0.2) is 28.4 Å². The number of hydrogen-bond donors (Lipinski definition) is 1. The highest BCUT2D eigenvalue weighted by molar-refractivity contribution is 9.10.